The second-order valence-corrected chi connectivity index (χ2v) is 13.6. The zero-order valence-corrected chi connectivity index (χ0v) is 31.6. The molecule has 8 heteroatoms. The Morgan fingerprint density at radius 1 is 0.440 bits per heavy atom. The van der Waals surface area contributed by atoms with Gasteiger partial charge >= 0.3 is 23.9 Å². The van der Waals surface area contributed by atoms with Gasteiger partial charge in [0.15, 0.2) is 23.0 Å². The molecule has 0 saturated carbocycles. The third-order valence-electron chi connectivity index (χ3n) is 8.94. The zero-order valence-electron chi connectivity index (χ0n) is 31.6. The summed E-state index contributed by atoms with van der Waals surface area (Å²) in [6.07, 6.45) is 13.5. The topological polar surface area (TPSA) is 105 Å². The minimum absolute atomic E-state index is 0.224. The van der Waals surface area contributed by atoms with E-state index in [1.54, 1.807) is 12.1 Å². The van der Waals surface area contributed by atoms with Crippen LogP contribution in [0, 0.1) is 11.8 Å². The molecule has 0 amide bonds. The Bertz CT molecular complexity index is 1230. The van der Waals surface area contributed by atoms with Crippen molar-refractivity contribution < 1.29 is 38.1 Å². The van der Waals surface area contributed by atoms with Gasteiger partial charge < -0.3 is 18.9 Å². The lowest BCUT2D eigenvalue weighted by atomic mass is 9.85. The van der Waals surface area contributed by atoms with Crippen LogP contribution in [-0.2, 0) is 32.0 Å². The number of hydrogen-bond acceptors (Lipinski definition) is 8. The molecule has 50 heavy (non-hydrogen) atoms. The van der Waals surface area contributed by atoms with E-state index in [4.69, 9.17) is 18.9 Å². The van der Waals surface area contributed by atoms with E-state index in [9.17, 15) is 19.2 Å². The van der Waals surface area contributed by atoms with Crippen molar-refractivity contribution in [3.05, 3.63) is 47.5 Å². The van der Waals surface area contributed by atoms with Gasteiger partial charge in [0, 0.05) is 25.7 Å². The summed E-state index contributed by atoms with van der Waals surface area (Å²) in [5.74, 6) is 0.193. The van der Waals surface area contributed by atoms with Crippen LogP contribution in [0.1, 0.15) is 155 Å². The van der Waals surface area contributed by atoms with E-state index in [0.29, 0.717) is 38.5 Å². The molecule has 0 N–H and O–H groups in total. The van der Waals surface area contributed by atoms with Gasteiger partial charge in [-0.05, 0) is 85.8 Å². The van der Waals surface area contributed by atoms with Crippen molar-refractivity contribution in [3.63, 3.8) is 0 Å². The molecular weight excluding hydrogens is 632 g/mol. The van der Waals surface area contributed by atoms with E-state index >= 15 is 0 Å². The third-order valence-corrected chi connectivity index (χ3v) is 8.94. The number of unbranched alkanes of at least 4 members (excludes halogenated alkanes) is 8. The molecule has 0 aliphatic carbocycles. The molecule has 0 aliphatic heterocycles. The summed E-state index contributed by atoms with van der Waals surface area (Å²) in [4.78, 5) is 50.4. The molecule has 0 radical (unpaired) electrons. The monoisotopic (exact) mass is 694 g/mol. The van der Waals surface area contributed by atoms with E-state index in [2.05, 4.69) is 41.5 Å². The highest BCUT2D eigenvalue weighted by molar-refractivity contribution is 5.77. The van der Waals surface area contributed by atoms with E-state index in [1.807, 2.05) is 24.3 Å². The lowest BCUT2D eigenvalue weighted by Gasteiger charge is -2.21. The number of ether oxygens (including phenoxy) is 4. The van der Waals surface area contributed by atoms with Gasteiger partial charge in [0.2, 0.25) is 0 Å². The van der Waals surface area contributed by atoms with E-state index in [1.165, 1.54) is 0 Å². The highest BCUT2D eigenvalue weighted by atomic mass is 16.6. The number of benzene rings is 2. The third kappa shape index (κ3) is 16.8. The van der Waals surface area contributed by atoms with Crippen LogP contribution < -0.4 is 18.9 Å². The fraction of sp³-hybridized carbons (Fsp3) is 0.619. The summed E-state index contributed by atoms with van der Waals surface area (Å²) in [5, 5.41) is 0. The predicted molar refractivity (Wildman–Crippen MR) is 198 cm³/mol. The Kier molecular flexibility index (Phi) is 20.8. The highest BCUT2D eigenvalue weighted by Gasteiger charge is 2.20. The van der Waals surface area contributed by atoms with Crippen molar-refractivity contribution in [2.75, 3.05) is 0 Å². The maximum absolute atomic E-state index is 12.7. The van der Waals surface area contributed by atoms with Crippen molar-refractivity contribution in [3.8, 4) is 23.0 Å². The van der Waals surface area contributed by atoms with Crippen LogP contribution in [0.5, 0.6) is 23.0 Å². The SMILES string of the molecule is CCCCCC(=O)Oc1ccc(C[C@@H](C)[C@@H](C)Cc2ccc(OC(=O)CCCCC)c(OC(=O)CCCCC)c2)cc1OC(=O)CCCCC. The largest absolute Gasteiger partial charge is 0.423 e. The summed E-state index contributed by atoms with van der Waals surface area (Å²) in [7, 11) is 0. The Balaban J connectivity index is 2.19. The first-order chi connectivity index (χ1) is 24.1. The summed E-state index contributed by atoms with van der Waals surface area (Å²) in [6.45, 7) is 12.7. The van der Waals surface area contributed by atoms with Crippen molar-refractivity contribution in [1.29, 1.82) is 0 Å². The Morgan fingerprint density at radius 3 is 1.00 bits per heavy atom. The van der Waals surface area contributed by atoms with Crippen LogP contribution >= 0.6 is 0 Å². The minimum atomic E-state index is -0.336. The Morgan fingerprint density at radius 2 is 0.720 bits per heavy atom. The molecule has 0 unspecified atom stereocenters. The summed E-state index contributed by atoms with van der Waals surface area (Å²) < 4.78 is 22.8. The van der Waals surface area contributed by atoms with Gasteiger partial charge in [0.25, 0.3) is 0 Å². The maximum Gasteiger partial charge on any atom is 0.311 e. The second-order valence-electron chi connectivity index (χ2n) is 13.6. The molecule has 0 bridgehead atoms. The Hall–Kier alpha value is -3.68. The first kappa shape index (κ1) is 42.5. The summed E-state index contributed by atoms with van der Waals surface area (Å²) >= 11 is 0. The molecule has 2 aromatic rings. The number of esters is 4. The molecule has 0 fully saturated rings. The molecule has 0 aromatic heterocycles. The molecule has 0 heterocycles. The molecule has 0 aliphatic rings. The highest BCUT2D eigenvalue weighted by Crippen LogP contribution is 2.34. The molecule has 0 saturated heterocycles. The molecule has 2 rings (SSSR count). The number of hydrogen-bond donors (Lipinski definition) is 0. The van der Waals surface area contributed by atoms with Gasteiger partial charge in [-0.2, -0.15) is 0 Å². The van der Waals surface area contributed by atoms with Gasteiger partial charge in [-0.1, -0.05) is 105 Å². The minimum Gasteiger partial charge on any atom is -0.423 e. The van der Waals surface area contributed by atoms with Crippen molar-refractivity contribution >= 4 is 23.9 Å². The maximum atomic E-state index is 12.7. The van der Waals surface area contributed by atoms with E-state index in [0.717, 1.165) is 88.2 Å². The fourth-order valence-electron chi connectivity index (χ4n) is 5.61. The van der Waals surface area contributed by atoms with Gasteiger partial charge in [0.05, 0.1) is 0 Å². The lowest BCUT2D eigenvalue weighted by Crippen LogP contribution is -2.15. The first-order valence-electron chi connectivity index (χ1n) is 19.2. The summed E-state index contributed by atoms with van der Waals surface area (Å²) in [5.41, 5.74) is 1.94. The Labute approximate surface area is 301 Å². The van der Waals surface area contributed by atoms with Crippen LogP contribution in [0.3, 0.4) is 0 Å². The number of carbonyl (C=O) groups is 4. The van der Waals surface area contributed by atoms with Gasteiger partial charge in [0.1, 0.15) is 0 Å². The molecule has 0 spiro atoms. The average Bonchev–Trinajstić information content (AvgIpc) is 3.07. The first-order valence-corrected chi connectivity index (χ1v) is 19.2. The van der Waals surface area contributed by atoms with E-state index in [-0.39, 0.29) is 58.7 Å². The molecule has 278 valence electrons. The zero-order chi connectivity index (χ0) is 36.7. The predicted octanol–water partition coefficient (Wildman–Crippen LogP) is 10.7. The second kappa shape index (κ2) is 24.5. The van der Waals surface area contributed by atoms with Crippen LogP contribution in [0.15, 0.2) is 36.4 Å². The molecule has 8 nitrogen and oxygen atoms in total. The van der Waals surface area contributed by atoms with Gasteiger partial charge in [-0.15, -0.1) is 0 Å². The average molecular weight is 695 g/mol. The number of carbonyl (C=O) groups excluding carboxylic acids is 4. The molecular formula is C42H62O8. The van der Waals surface area contributed by atoms with Gasteiger partial charge in [-0.25, -0.2) is 0 Å². The van der Waals surface area contributed by atoms with Crippen LogP contribution in [0.25, 0.3) is 0 Å². The quantitative estimate of drug-likeness (QED) is 0.0574. The standard InChI is InChI=1S/C42H62O8/c1-7-11-15-19-39(43)47-35-25-23-33(29-37(35)49-41(45)21-17-13-9-3)27-31(5)32(6)28-34-24-26-36(48-40(44)20-16-12-8-2)38(30-34)50-42(46)22-18-14-10-4/h23-26,29-32H,7-22,27-28H2,1-6H3/t31-,32+. The van der Waals surface area contributed by atoms with Crippen molar-refractivity contribution in [2.24, 2.45) is 11.8 Å². The number of rotatable bonds is 25. The van der Waals surface area contributed by atoms with Gasteiger partial charge in [-0.3, -0.25) is 19.2 Å². The van der Waals surface area contributed by atoms with E-state index < -0.39 is 0 Å². The molecule has 2 aromatic carbocycles. The van der Waals surface area contributed by atoms with Crippen molar-refractivity contribution in [1.82, 2.24) is 0 Å². The normalized spacial score (nSPS) is 12.2. The van der Waals surface area contributed by atoms with Crippen LogP contribution in [-0.4, -0.2) is 23.9 Å². The van der Waals surface area contributed by atoms with Crippen LogP contribution in [0.4, 0.5) is 0 Å². The summed E-state index contributed by atoms with van der Waals surface area (Å²) in [6, 6.07) is 10.9. The van der Waals surface area contributed by atoms with Crippen molar-refractivity contribution in [2.45, 2.75) is 157 Å². The molecule has 2 atom stereocenters. The lowest BCUT2D eigenvalue weighted by molar-refractivity contribution is -0.137. The smallest absolute Gasteiger partial charge is 0.311 e. The van der Waals surface area contributed by atoms with Crippen LogP contribution in [0.2, 0.25) is 0 Å². The fourth-order valence-corrected chi connectivity index (χ4v) is 5.61.